The number of amides is 1. The fraction of sp³-hybridized carbons (Fsp3) is 0.158. The normalized spacial score (nSPS) is 11.4. The summed E-state index contributed by atoms with van der Waals surface area (Å²) in [5, 5.41) is 7.81. The molecule has 0 spiro atoms. The van der Waals surface area contributed by atoms with Crippen LogP contribution in [0, 0.1) is 6.92 Å². The standard InChI is InChI=1S/C19H14Cl2F3N3OS/c1-10-6-11(2-4-15(10)20)25-17(28)8-13-9-29-18(27-13)26-12-3-5-16(21)14(7-12)19(22,23)24/h2-7,9H,8H2,1H3,(H,25,28)(H,26,27). The fourth-order valence-electron chi connectivity index (χ4n) is 2.48. The van der Waals surface area contributed by atoms with E-state index < -0.39 is 11.7 Å². The molecule has 0 aliphatic heterocycles. The number of carbonyl (C=O) groups excluding carboxylic acids is 1. The van der Waals surface area contributed by atoms with E-state index in [9.17, 15) is 18.0 Å². The van der Waals surface area contributed by atoms with Crippen LogP contribution in [0.15, 0.2) is 41.8 Å². The van der Waals surface area contributed by atoms with Crippen LogP contribution in [0.25, 0.3) is 0 Å². The van der Waals surface area contributed by atoms with Crippen molar-refractivity contribution >= 4 is 57.0 Å². The Morgan fingerprint density at radius 3 is 2.48 bits per heavy atom. The van der Waals surface area contributed by atoms with Gasteiger partial charge in [-0.3, -0.25) is 4.79 Å². The first kappa shape index (κ1) is 21.4. The molecule has 2 N–H and O–H groups in total. The van der Waals surface area contributed by atoms with Gasteiger partial charge in [0.2, 0.25) is 5.91 Å². The molecular formula is C19H14Cl2F3N3OS. The predicted molar refractivity (Wildman–Crippen MR) is 110 cm³/mol. The van der Waals surface area contributed by atoms with Crippen molar-refractivity contribution in [3.05, 3.63) is 68.6 Å². The first-order valence-electron chi connectivity index (χ1n) is 8.26. The highest BCUT2D eigenvalue weighted by Crippen LogP contribution is 2.37. The van der Waals surface area contributed by atoms with Gasteiger partial charge >= 0.3 is 6.18 Å². The quantitative estimate of drug-likeness (QED) is 0.446. The largest absolute Gasteiger partial charge is 0.417 e. The molecule has 29 heavy (non-hydrogen) atoms. The molecule has 152 valence electrons. The molecule has 0 radical (unpaired) electrons. The van der Waals surface area contributed by atoms with Crippen LogP contribution in [0.3, 0.4) is 0 Å². The number of halogens is 5. The van der Waals surface area contributed by atoms with E-state index in [-0.39, 0.29) is 23.0 Å². The SMILES string of the molecule is Cc1cc(NC(=O)Cc2csc(Nc3ccc(Cl)c(C(F)(F)F)c3)n2)ccc1Cl. The van der Waals surface area contributed by atoms with E-state index in [4.69, 9.17) is 23.2 Å². The summed E-state index contributed by atoms with van der Waals surface area (Å²) in [7, 11) is 0. The summed E-state index contributed by atoms with van der Waals surface area (Å²) in [5.41, 5.74) is 1.21. The lowest BCUT2D eigenvalue weighted by Gasteiger charge is -2.11. The second-order valence-electron chi connectivity index (χ2n) is 6.15. The summed E-state index contributed by atoms with van der Waals surface area (Å²) < 4.78 is 38.9. The van der Waals surface area contributed by atoms with Crippen molar-refractivity contribution in [3.63, 3.8) is 0 Å². The highest BCUT2D eigenvalue weighted by Gasteiger charge is 2.33. The third kappa shape index (κ3) is 5.62. The lowest BCUT2D eigenvalue weighted by Crippen LogP contribution is -2.14. The highest BCUT2D eigenvalue weighted by atomic mass is 35.5. The zero-order valence-corrected chi connectivity index (χ0v) is 17.2. The van der Waals surface area contributed by atoms with Crippen molar-refractivity contribution in [1.82, 2.24) is 4.98 Å². The summed E-state index contributed by atoms with van der Waals surface area (Å²) in [5.74, 6) is -0.269. The van der Waals surface area contributed by atoms with Crippen LogP contribution in [-0.4, -0.2) is 10.9 Å². The summed E-state index contributed by atoms with van der Waals surface area (Å²) in [6, 6.07) is 8.65. The van der Waals surface area contributed by atoms with E-state index in [0.717, 1.165) is 11.6 Å². The number of carbonyl (C=O) groups is 1. The molecule has 3 rings (SSSR count). The number of alkyl halides is 3. The van der Waals surface area contributed by atoms with E-state index in [1.54, 1.807) is 23.6 Å². The molecule has 1 amide bonds. The van der Waals surface area contributed by atoms with Crippen molar-refractivity contribution < 1.29 is 18.0 Å². The Bertz CT molecular complexity index is 1050. The van der Waals surface area contributed by atoms with Crippen LogP contribution in [0.5, 0.6) is 0 Å². The minimum atomic E-state index is -4.55. The van der Waals surface area contributed by atoms with Crippen LogP contribution in [-0.2, 0) is 17.4 Å². The van der Waals surface area contributed by atoms with Crippen LogP contribution < -0.4 is 10.6 Å². The topological polar surface area (TPSA) is 54.0 Å². The van der Waals surface area contributed by atoms with Gasteiger partial charge in [0.25, 0.3) is 0 Å². The number of nitrogens with one attached hydrogen (secondary N) is 2. The Balaban J connectivity index is 1.65. The molecule has 0 atom stereocenters. The highest BCUT2D eigenvalue weighted by molar-refractivity contribution is 7.13. The minimum absolute atomic E-state index is 0.0221. The van der Waals surface area contributed by atoms with Crippen molar-refractivity contribution in [3.8, 4) is 0 Å². The van der Waals surface area contributed by atoms with E-state index >= 15 is 0 Å². The monoisotopic (exact) mass is 459 g/mol. The van der Waals surface area contributed by atoms with Gasteiger partial charge in [-0.1, -0.05) is 23.2 Å². The van der Waals surface area contributed by atoms with Crippen molar-refractivity contribution in [1.29, 1.82) is 0 Å². The Morgan fingerprint density at radius 1 is 1.10 bits per heavy atom. The summed E-state index contributed by atoms with van der Waals surface area (Å²) in [6.45, 7) is 1.83. The van der Waals surface area contributed by atoms with Crippen molar-refractivity contribution in [2.75, 3.05) is 10.6 Å². The zero-order valence-electron chi connectivity index (χ0n) is 14.9. The molecular weight excluding hydrogens is 446 g/mol. The molecule has 1 heterocycles. The number of hydrogen-bond donors (Lipinski definition) is 2. The van der Waals surface area contributed by atoms with E-state index in [1.165, 1.54) is 23.5 Å². The maximum atomic E-state index is 13.0. The third-order valence-electron chi connectivity index (χ3n) is 3.86. The molecule has 10 heteroatoms. The van der Waals surface area contributed by atoms with Crippen LogP contribution in [0.4, 0.5) is 29.7 Å². The van der Waals surface area contributed by atoms with Gasteiger partial charge in [-0.2, -0.15) is 13.2 Å². The molecule has 1 aromatic heterocycles. The number of thiazole rings is 1. The summed E-state index contributed by atoms with van der Waals surface area (Å²) >= 11 is 12.8. The van der Waals surface area contributed by atoms with Crippen molar-refractivity contribution in [2.45, 2.75) is 19.5 Å². The summed E-state index contributed by atoms with van der Waals surface area (Å²) in [4.78, 5) is 16.4. The molecule has 4 nitrogen and oxygen atoms in total. The van der Waals surface area contributed by atoms with Crippen LogP contribution in [0.2, 0.25) is 10.0 Å². The molecule has 0 aliphatic rings. The average Bonchev–Trinajstić information content (AvgIpc) is 3.05. The van der Waals surface area contributed by atoms with Crippen LogP contribution >= 0.6 is 34.5 Å². The lowest BCUT2D eigenvalue weighted by molar-refractivity contribution is -0.137. The van der Waals surface area contributed by atoms with Gasteiger partial charge < -0.3 is 10.6 Å². The number of rotatable bonds is 5. The van der Waals surface area contributed by atoms with Gasteiger partial charge in [-0.25, -0.2) is 4.98 Å². The lowest BCUT2D eigenvalue weighted by atomic mass is 10.2. The Morgan fingerprint density at radius 2 is 1.79 bits per heavy atom. The third-order valence-corrected chi connectivity index (χ3v) is 5.42. The number of anilines is 3. The maximum absolute atomic E-state index is 13.0. The van der Waals surface area contributed by atoms with Gasteiger partial charge in [-0.15, -0.1) is 11.3 Å². The number of nitrogens with zero attached hydrogens (tertiary/aromatic N) is 1. The second-order valence-corrected chi connectivity index (χ2v) is 7.82. The molecule has 3 aromatic rings. The maximum Gasteiger partial charge on any atom is 0.417 e. The van der Waals surface area contributed by atoms with E-state index in [1.807, 2.05) is 6.92 Å². The summed E-state index contributed by atoms with van der Waals surface area (Å²) in [6.07, 6.45) is -4.53. The predicted octanol–water partition coefficient (Wildman–Crippen LogP) is 6.70. The van der Waals surface area contributed by atoms with Gasteiger partial charge in [0, 0.05) is 21.8 Å². The number of aryl methyl sites for hydroxylation is 1. The fourth-order valence-corrected chi connectivity index (χ4v) is 3.55. The number of aromatic nitrogens is 1. The molecule has 0 saturated heterocycles. The molecule has 0 bridgehead atoms. The second kappa shape index (κ2) is 8.61. The Hall–Kier alpha value is -2.29. The smallest absolute Gasteiger partial charge is 0.332 e. The first-order valence-corrected chi connectivity index (χ1v) is 9.89. The molecule has 2 aromatic carbocycles. The molecule has 0 fully saturated rings. The first-order chi connectivity index (χ1) is 13.6. The van der Waals surface area contributed by atoms with Gasteiger partial charge in [-0.05, 0) is 48.9 Å². The number of hydrogen-bond acceptors (Lipinski definition) is 4. The molecule has 0 saturated carbocycles. The average molecular weight is 460 g/mol. The zero-order chi connectivity index (χ0) is 21.2. The number of benzene rings is 2. The van der Waals surface area contributed by atoms with E-state index in [2.05, 4.69) is 15.6 Å². The van der Waals surface area contributed by atoms with Crippen molar-refractivity contribution in [2.24, 2.45) is 0 Å². The molecule has 0 aliphatic carbocycles. The minimum Gasteiger partial charge on any atom is -0.332 e. The Labute approximate surface area is 178 Å². The van der Waals surface area contributed by atoms with E-state index in [0.29, 0.717) is 21.5 Å². The molecule has 0 unspecified atom stereocenters. The van der Waals surface area contributed by atoms with Crippen LogP contribution in [0.1, 0.15) is 16.8 Å². The van der Waals surface area contributed by atoms with Gasteiger partial charge in [0.1, 0.15) is 0 Å². The van der Waals surface area contributed by atoms with Gasteiger partial charge in [0.05, 0.1) is 22.7 Å². The Kier molecular flexibility index (Phi) is 6.36. The van der Waals surface area contributed by atoms with Gasteiger partial charge in [0.15, 0.2) is 5.13 Å².